The highest BCUT2D eigenvalue weighted by molar-refractivity contribution is 6.00. The Morgan fingerprint density at radius 2 is 1.90 bits per heavy atom. The SMILES string of the molecule is CCOc1c(CC(N)=O)cc([C@@](O)(CNC(=O)c2cc(OC(F)F)c3ncc(C)cc3c2)C2CC2)nc1-c1ccc2c(c1)OC(F)(F)O2. The molecule has 252 valence electrons. The average molecular weight is 671 g/mol. The number of carbonyl (C=O) groups is 2. The largest absolute Gasteiger partial charge is 0.586 e. The zero-order chi connectivity index (χ0) is 34.4. The van der Waals surface area contributed by atoms with E-state index in [0.717, 1.165) is 11.6 Å². The molecule has 15 heteroatoms. The van der Waals surface area contributed by atoms with E-state index in [4.69, 9.17) is 15.5 Å². The summed E-state index contributed by atoms with van der Waals surface area (Å²) < 4.78 is 73.6. The van der Waals surface area contributed by atoms with E-state index in [2.05, 4.69) is 24.5 Å². The van der Waals surface area contributed by atoms with Gasteiger partial charge in [0.1, 0.15) is 22.6 Å². The molecule has 2 aromatic carbocycles. The molecule has 6 rings (SSSR count). The second-order valence-corrected chi connectivity index (χ2v) is 11.6. The maximum absolute atomic E-state index is 13.8. The molecule has 1 saturated carbocycles. The van der Waals surface area contributed by atoms with Gasteiger partial charge in [-0.3, -0.25) is 14.6 Å². The predicted molar refractivity (Wildman–Crippen MR) is 162 cm³/mol. The molecule has 1 atom stereocenters. The molecular weight excluding hydrogens is 640 g/mol. The number of nitrogens with zero attached hydrogens (tertiary/aromatic N) is 2. The number of aliphatic hydroxyl groups is 1. The number of aryl methyl sites for hydroxylation is 1. The molecule has 11 nitrogen and oxygen atoms in total. The number of nitrogens with one attached hydrogen (secondary N) is 1. The van der Waals surface area contributed by atoms with Crippen LogP contribution in [0.1, 0.15) is 46.9 Å². The minimum Gasteiger partial charge on any atom is -0.491 e. The van der Waals surface area contributed by atoms with E-state index in [-0.39, 0.29) is 82.1 Å². The monoisotopic (exact) mass is 670 g/mol. The van der Waals surface area contributed by atoms with E-state index in [9.17, 15) is 32.3 Å². The van der Waals surface area contributed by atoms with Crippen LogP contribution in [0, 0.1) is 12.8 Å². The van der Waals surface area contributed by atoms with Crippen LogP contribution in [0.4, 0.5) is 17.6 Å². The maximum Gasteiger partial charge on any atom is 0.586 e. The third-order valence-electron chi connectivity index (χ3n) is 7.96. The quantitative estimate of drug-likeness (QED) is 0.177. The molecule has 4 aromatic rings. The Morgan fingerprint density at radius 3 is 2.58 bits per heavy atom. The lowest BCUT2D eigenvalue weighted by Crippen LogP contribution is -2.43. The second kappa shape index (κ2) is 12.4. The number of carbonyl (C=O) groups excluding carboxylic acids is 2. The summed E-state index contributed by atoms with van der Waals surface area (Å²) in [6.07, 6.45) is -1.54. The maximum atomic E-state index is 13.8. The van der Waals surface area contributed by atoms with Gasteiger partial charge in [0, 0.05) is 28.3 Å². The van der Waals surface area contributed by atoms with Crippen LogP contribution in [0.15, 0.2) is 48.7 Å². The number of alkyl halides is 4. The molecule has 2 amide bonds. The van der Waals surface area contributed by atoms with Crippen molar-refractivity contribution >= 4 is 22.7 Å². The molecule has 2 aromatic heterocycles. The normalized spacial score (nSPS) is 16.1. The Bertz CT molecular complexity index is 1920. The minimum absolute atomic E-state index is 0.0179. The fourth-order valence-electron chi connectivity index (χ4n) is 5.69. The first-order valence-corrected chi connectivity index (χ1v) is 15.0. The number of aromatic nitrogens is 2. The van der Waals surface area contributed by atoms with Crippen LogP contribution >= 0.6 is 0 Å². The second-order valence-electron chi connectivity index (χ2n) is 11.6. The number of rotatable bonds is 12. The van der Waals surface area contributed by atoms with Crippen molar-refractivity contribution in [1.29, 1.82) is 0 Å². The Morgan fingerprint density at radius 1 is 1.15 bits per heavy atom. The fraction of sp³-hybridized carbons (Fsp3) is 0.333. The van der Waals surface area contributed by atoms with Crippen molar-refractivity contribution < 1.29 is 51.2 Å². The lowest BCUT2D eigenvalue weighted by molar-refractivity contribution is -0.286. The van der Waals surface area contributed by atoms with E-state index >= 15 is 0 Å². The van der Waals surface area contributed by atoms with Gasteiger partial charge in [-0.2, -0.15) is 8.78 Å². The van der Waals surface area contributed by atoms with Gasteiger partial charge in [0.15, 0.2) is 17.2 Å². The number of pyridine rings is 2. The summed E-state index contributed by atoms with van der Waals surface area (Å²) in [6, 6.07) is 9.73. The number of ether oxygens (including phenoxy) is 4. The zero-order valence-corrected chi connectivity index (χ0v) is 25.7. The van der Waals surface area contributed by atoms with Crippen LogP contribution in [0.2, 0.25) is 0 Å². The van der Waals surface area contributed by atoms with Crippen molar-refractivity contribution in [2.75, 3.05) is 13.2 Å². The van der Waals surface area contributed by atoms with E-state index in [0.29, 0.717) is 18.2 Å². The highest BCUT2D eigenvalue weighted by Gasteiger charge is 2.47. The standard InChI is InChI=1S/C33H30F4N4O7/c1-3-45-29-19(13-26(38)42)12-25(41-28(29)17-4-7-22-23(10-17)48-33(36,37)47-22)32(44,21-5-6-21)15-40-30(43)20-9-18-8-16(2)14-39-27(18)24(11-20)46-31(34)35/h4,7-12,14,21,31,44H,3,5-6,13,15H2,1-2H3,(H2,38,42)(H,40,43)/t32-/m1/s1. The summed E-state index contributed by atoms with van der Waals surface area (Å²) in [5.41, 5.74) is 5.29. The molecular formula is C33H30F4N4O7. The first-order chi connectivity index (χ1) is 22.8. The summed E-state index contributed by atoms with van der Waals surface area (Å²) in [4.78, 5) is 34.5. The van der Waals surface area contributed by atoms with Gasteiger partial charge in [0.25, 0.3) is 5.91 Å². The van der Waals surface area contributed by atoms with Gasteiger partial charge < -0.3 is 35.1 Å². The number of halogens is 4. The summed E-state index contributed by atoms with van der Waals surface area (Å²) in [5.74, 6) is -2.39. The minimum atomic E-state index is -3.87. The van der Waals surface area contributed by atoms with Crippen molar-refractivity contribution in [3.8, 4) is 34.3 Å². The summed E-state index contributed by atoms with van der Waals surface area (Å²) in [7, 11) is 0. The summed E-state index contributed by atoms with van der Waals surface area (Å²) in [6.45, 7) is 0.0692. The molecule has 0 bridgehead atoms. The fourth-order valence-corrected chi connectivity index (χ4v) is 5.69. The van der Waals surface area contributed by atoms with Crippen LogP contribution in [0.5, 0.6) is 23.0 Å². The average Bonchev–Trinajstić information content (AvgIpc) is 3.82. The van der Waals surface area contributed by atoms with Gasteiger partial charge in [0.2, 0.25) is 5.91 Å². The van der Waals surface area contributed by atoms with E-state index in [1.807, 2.05) is 0 Å². The van der Waals surface area contributed by atoms with Crippen LogP contribution < -0.4 is 30.0 Å². The van der Waals surface area contributed by atoms with E-state index in [1.54, 1.807) is 19.9 Å². The van der Waals surface area contributed by atoms with Crippen molar-refractivity contribution in [2.45, 2.75) is 51.6 Å². The summed E-state index contributed by atoms with van der Waals surface area (Å²) in [5, 5.41) is 15.2. The van der Waals surface area contributed by atoms with Crippen LogP contribution in [-0.2, 0) is 16.8 Å². The smallest absolute Gasteiger partial charge is 0.491 e. The molecule has 1 fully saturated rings. The molecule has 0 spiro atoms. The van der Waals surface area contributed by atoms with Gasteiger partial charge in [0.05, 0.1) is 25.3 Å². The molecule has 4 N–H and O–H groups in total. The number of primary amides is 1. The van der Waals surface area contributed by atoms with Gasteiger partial charge in [-0.15, -0.1) is 8.78 Å². The Balaban J connectivity index is 1.39. The van der Waals surface area contributed by atoms with E-state index in [1.165, 1.54) is 36.5 Å². The number of amides is 2. The summed E-state index contributed by atoms with van der Waals surface area (Å²) >= 11 is 0. The van der Waals surface area contributed by atoms with Crippen LogP contribution in [-0.4, -0.2) is 52.9 Å². The molecule has 2 aliphatic rings. The van der Waals surface area contributed by atoms with Gasteiger partial charge in [-0.25, -0.2) is 4.98 Å². The van der Waals surface area contributed by atoms with Crippen molar-refractivity contribution in [3.63, 3.8) is 0 Å². The third-order valence-corrected chi connectivity index (χ3v) is 7.96. The van der Waals surface area contributed by atoms with Crippen molar-refractivity contribution in [3.05, 3.63) is 71.0 Å². The zero-order valence-electron chi connectivity index (χ0n) is 25.7. The van der Waals surface area contributed by atoms with Gasteiger partial charge >= 0.3 is 12.9 Å². The van der Waals surface area contributed by atoms with Crippen LogP contribution in [0.3, 0.4) is 0 Å². The highest BCUT2D eigenvalue weighted by Crippen LogP contribution is 2.48. The first-order valence-electron chi connectivity index (χ1n) is 15.0. The lowest BCUT2D eigenvalue weighted by atomic mass is 9.90. The molecule has 0 unspecified atom stereocenters. The van der Waals surface area contributed by atoms with Crippen molar-refractivity contribution in [2.24, 2.45) is 11.7 Å². The number of benzene rings is 2. The number of fused-ring (bicyclic) bond motifs is 2. The number of hydrogen-bond donors (Lipinski definition) is 3. The van der Waals surface area contributed by atoms with E-state index < -0.39 is 30.3 Å². The van der Waals surface area contributed by atoms with Gasteiger partial charge in [-0.05, 0) is 80.6 Å². The molecule has 48 heavy (non-hydrogen) atoms. The number of nitrogens with two attached hydrogens (primary N) is 1. The first kappa shape index (κ1) is 32.7. The van der Waals surface area contributed by atoms with Crippen LogP contribution in [0.25, 0.3) is 22.2 Å². The molecule has 3 heterocycles. The highest BCUT2D eigenvalue weighted by atomic mass is 19.3. The molecule has 0 radical (unpaired) electrons. The Labute approximate surface area is 271 Å². The molecule has 1 aliphatic carbocycles. The topological polar surface area (TPSA) is 155 Å². The Kier molecular flexibility index (Phi) is 8.49. The van der Waals surface area contributed by atoms with Gasteiger partial charge in [-0.1, -0.05) is 0 Å². The molecule has 1 aliphatic heterocycles. The molecule has 0 saturated heterocycles. The number of hydrogen-bond acceptors (Lipinski definition) is 9. The Hall–Kier alpha value is -5.18. The third kappa shape index (κ3) is 6.63. The predicted octanol–water partition coefficient (Wildman–Crippen LogP) is 4.98. The van der Waals surface area contributed by atoms with Crippen molar-refractivity contribution in [1.82, 2.24) is 15.3 Å². The lowest BCUT2D eigenvalue weighted by Gasteiger charge is -2.30.